The Balaban J connectivity index is 1.84. The Labute approximate surface area is 168 Å². The number of primary amides is 1. The first kappa shape index (κ1) is 19.2. The van der Waals surface area contributed by atoms with Crippen molar-refractivity contribution in [3.8, 4) is 5.75 Å². The van der Waals surface area contributed by atoms with E-state index in [1.165, 1.54) is 0 Å². The number of amides is 3. The highest BCUT2D eigenvalue weighted by atomic mass is 79.9. The summed E-state index contributed by atoms with van der Waals surface area (Å²) in [6.45, 7) is -0.0652. The van der Waals surface area contributed by atoms with E-state index in [0.717, 1.165) is 26.7 Å². The first-order chi connectivity index (χ1) is 12.9. The minimum atomic E-state index is -0.743. The van der Waals surface area contributed by atoms with E-state index in [-0.39, 0.29) is 4.91 Å². The van der Waals surface area contributed by atoms with Crippen molar-refractivity contribution in [3.63, 3.8) is 0 Å². The lowest BCUT2D eigenvalue weighted by Crippen LogP contribution is -2.36. The Morgan fingerprint density at radius 3 is 2.63 bits per heavy atom. The standard InChI is InChI=1S/C19H15BrN2O4S/c20-14-6-7-15(26-11-12-4-2-1-3-5-12)13(8-14)9-16-18(24)22(10-17(21)23)19(25)27-16/h1-9H,10-11H2,(H2,21,23)/b16-9-. The molecule has 8 heteroatoms. The van der Waals surface area contributed by atoms with E-state index < -0.39 is 23.6 Å². The van der Waals surface area contributed by atoms with Crippen LogP contribution in [0.15, 0.2) is 57.9 Å². The summed E-state index contributed by atoms with van der Waals surface area (Å²) in [5, 5.41) is -0.521. The molecule has 3 amide bonds. The van der Waals surface area contributed by atoms with Crippen LogP contribution in [0.25, 0.3) is 6.08 Å². The second-order valence-electron chi connectivity index (χ2n) is 5.69. The molecule has 3 rings (SSSR count). The highest BCUT2D eigenvalue weighted by Gasteiger charge is 2.36. The summed E-state index contributed by atoms with van der Waals surface area (Å²) in [6, 6.07) is 15.1. The summed E-state index contributed by atoms with van der Waals surface area (Å²) >= 11 is 4.17. The van der Waals surface area contributed by atoms with Gasteiger partial charge in [-0.2, -0.15) is 0 Å². The van der Waals surface area contributed by atoms with Gasteiger partial charge in [-0.25, -0.2) is 0 Å². The highest BCUT2D eigenvalue weighted by Crippen LogP contribution is 2.34. The topological polar surface area (TPSA) is 89.7 Å². The summed E-state index contributed by atoms with van der Waals surface area (Å²) in [7, 11) is 0. The van der Waals surface area contributed by atoms with Gasteiger partial charge in [-0.05, 0) is 41.6 Å². The summed E-state index contributed by atoms with van der Waals surface area (Å²) in [6.07, 6.45) is 1.58. The maximum atomic E-state index is 12.4. The van der Waals surface area contributed by atoms with Crippen LogP contribution >= 0.6 is 27.7 Å². The predicted octanol–water partition coefficient (Wildman–Crippen LogP) is 3.55. The Morgan fingerprint density at radius 1 is 1.19 bits per heavy atom. The third kappa shape index (κ3) is 4.78. The molecule has 138 valence electrons. The average molecular weight is 447 g/mol. The molecule has 0 bridgehead atoms. The maximum Gasteiger partial charge on any atom is 0.294 e. The minimum absolute atomic E-state index is 0.212. The summed E-state index contributed by atoms with van der Waals surface area (Å²) in [5.41, 5.74) is 6.74. The number of hydrogen-bond donors (Lipinski definition) is 1. The Kier molecular flexibility index (Phi) is 5.98. The predicted molar refractivity (Wildman–Crippen MR) is 107 cm³/mol. The number of ether oxygens (including phenoxy) is 1. The SMILES string of the molecule is NC(=O)CN1C(=O)S/C(=C\c2cc(Br)ccc2OCc2ccccc2)C1=O. The largest absolute Gasteiger partial charge is 0.488 e. The normalized spacial score (nSPS) is 15.4. The zero-order valence-electron chi connectivity index (χ0n) is 14.1. The van der Waals surface area contributed by atoms with E-state index >= 15 is 0 Å². The van der Waals surface area contributed by atoms with Crippen molar-refractivity contribution in [2.75, 3.05) is 6.54 Å². The molecule has 1 aliphatic rings. The molecule has 2 aromatic rings. The maximum absolute atomic E-state index is 12.4. The molecule has 0 spiro atoms. The van der Waals surface area contributed by atoms with Crippen molar-refractivity contribution < 1.29 is 19.1 Å². The van der Waals surface area contributed by atoms with Gasteiger partial charge >= 0.3 is 0 Å². The highest BCUT2D eigenvalue weighted by molar-refractivity contribution is 9.10. The molecule has 0 saturated carbocycles. The minimum Gasteiger partial charge on any atom is -0.488 e. The average Bonchev–Trinajstić information content (AvgIpc) is 2.89. The van der Waals surface area contributed by atoms with Crippen LogP contribution in [0, 0.1) is 0 Å². The van der Waals surface area contributed by atoms with E-state index in [9.17, 15) is 14.4 Å². The lowest BCUT2D eigenvalue weighted by molar-refractivity contribution is -0.127. The number of carbonyl (C=O) groups excluding carboxylic acids is 3. The fraction of sp³-hybridized carbons (Fsp3) is 0.105. The number of hydrogen-bond acceptors (Lipinski definition) is 5. The van der Waals surface area contributed by atoms with Gasteiger partial charge in [-0.3, -0.25) is 19.3 Å². The zero-order valence-corrected chi connectivity index (χ0v) is 16.5. The fourth-order valence-electron chi connectivity index (χ4n) is 2.43. The molecule has 0 unspecified atom stereocenters. The van der Waals surface area contributed by atoms with E-state index in [1.54, 1.807) is 18.2 Å². The van der Waals surface area contributed by atoms with Crippen LogP contribution < -0.4 is 10.5 Å². The van der Waals surface area contributed by atoms with E-state index in [0.29, 0.717) is 17.9 Å². The second-order valence-corrected chi connectivity index (χ2v) is 7.60. The fourth-order valence-corrected chi connectivity index (χ4v) is 3.64. The van der Waals surface area contributed by atoms with Crippen LogP contribution in [0.5, 0.6) is 5.75 Å². The Bertz CT molecular complexity index is 931. The smallest absolute Gasteiger partial charge is 0.294 e. The quantitative estimate of drug-likeness (QED) is 0.685. The molecule has 1 aliphatic heterocycles. The molecule has 0 aliphatic carbocycles. The second kappa shape index (κ2) is 8.41. The third-order valence-electron chi connectivity index (χ3n) is 3.68. The molecular formula is C19H15BrN2O4S. The number of nitrogens with two attached hydrogens (primary N) is 1. The molecule has 1 fully saturated rings. The molecule has 0 aromatic heterocycles. The van der Waals surface area contributed by atoms with Crippen LogP contribution in [0.4, 0.5) is 4.79 Å². The van der Waals surface area contributed by atoms with Gasteiger partial charge in [0, 0.05) is 10.0 Å². The van der Waals surface area contributed by atoms with Crippen molar-refractivity contribution in [2.24, 2.45) is 5.73 Å². The Hall–Kier alpha value is -2.58. The summed E-state index contributed by atoms with van der Waals surface area (Å²) in [4.78, 5) is 36.4. The van der Waals surface area contributed by atoms with E-state index in [2.05, 4.69) is 15.9 Å². The number of thioether (sulfide) groups is 1. The van der Waals surface area contributed by atoms with Crippen molar-refractivity contribution in [3.05, 3.63) is 69.0 Å². The monoisotopic (exact) mass is 446 g/mol. The van der Waals surface area contributed by atoms with Crippen molar-refractivity contribution >= 4 is 50.8 Å². The van der Waals surface area contributed by atoms with Crippen molar-refractivity contribution in [1.82, 2.24) is 4.90 Å². The molecule has 2 N–H and O–H groups in total. The van der Waals surface area contributed by atoms with Crippen molar-refractivity contribution in [2.45, 2.75) is 6.61 Å². The van der Waals surface area contributed by atoms with Crippen LogP contribution in [0.2, 0.25) is 0 Å². The molecule has 0 radical (unpaired) electrons. The van der Waals surface area contributed by atoms with Gasteiger partial charge < -0.3 is 10.5 Å². The van der Waals surface area contributed by atoms with Crippen LogP contribution in [0.3, 0.4) is 0 Å². The number of imide groups is 1. The molecular weight excluding hydrogens is 432 g/mol. The molecule has 1 heterocycles. The lowest BCUT2D eigenvalue weighted by atomic mass is 10.1. The van der Waals surface area contributed by atoms with Crippen molar-refractivity contribution in [1.29, 1.82) is 0 Å². The number of benzene rings is 2. The molecule has 0 atom stereocenters. The number of halogens is 1. The van der Waals surface area contributed by atoms with Crippen LogP contribution in [-0.4, -0.2) is 28.5 Å². The first-order valence-corrected chi connectivity index (χ1v) is 9.55. The molecule has 27 heavy (non-hydrogen) atoms. The van der Waals surface area contributed by atoms with Gasteiger partial charge in [-0.15, -0.1) is 0 Å². The number of rotatable bonds is 6. The zero-order chi connectivity index (χ0) is 19.4. The van der Waals surface area contributed by atoms with Gasteiger partial charge in [0.2, 0.25) is 5.91 Å². The van der Waals surface area contributed by atoms with Gasteiger partial charge in [0.05, 0.1) is 4.91 Å². The Morgan fingerprint density at radius 2 is 1.93 bits per heavy atom. The number of carbonyl (C=O) groups is 3. The van der Waals surface area contributed by atoms with Gasteiger partial charge in [-0.1, -0.05) is 46.3 Å². The van der Waals surface area contributed by atoms with Crippen LogP contribution in [0.1, 0.15) is 11.1 Å². The van der Waals surface area contributed by atoms with Gasteiger partial charge in [0.15, 0.2) is 0 Å². The summed E-state index contributed by atoms with van der Waals surface area (Å²) < 4.78 is 6.69. The van der Waals surface area contributed by atoms with Gasteiger partial charge in [0.25, 0.3) is 11.1 Å². The van der Waals surface area contributed by atoms with E-state index in [1.807, 2.05) is 36.4 Å². The van der Waals surface area contributed by atoms with Gasteiger partial charge in [0.1, 0.15) is 18.9 Å². The summed E-state index contributed by atoms with van der Waals surface area (Å²) in [5.74, 6) is -0.713. The third-order valence-corrected chi connectivity index (χ3v) is 5.08. The molecule has 1 saturated heterocycles. The van der Waals surface area contributed by atoms with Crippen LogP contribution in [-0.2, 0) is 16.2 Å². The molecule has 6 nitrogen and oxygen atoms in total. The number of nitrogens with zero attached hydrogens (tertiary/aromatic N) is 1. The van der Waals surface area contributed by atoms with E-state index in [4.69, 9.17) is 10.5 Å². The first-order valence-electron chi connectivity index (χ1n) is 7.94. The lowest BCUT2D eigenvalue weighted by Gasteiger charge is -2.11. The molecule has 2 aromatic carbocycles.